The number of fused-ring (bicyclic) bond motifs is 1. The minimum Gasteiger partial charge on any atom is -0.472 e. The summed E-state index contributed by atoms with van der Waals surface area (Å²) in [7, 11) is 0. The number of hydrogen-bond acceptors (Lipinski definition) is 16. The summed E-state index contributed by atoms with van der Waals surface area (Å²) in [6.07, 6.45) is 9.56. The molecule has 1 saturated carbocycles. The van der Waals surface area contributed by atoms with Gasteiger partial charge in [0, 0.05) is 77.1 Å². The van der Waals surface area contributed by atoms with Gasteiger partial charge in [-0.1, -0.05) is 27.2 Å². The number of nitrogens with one attached hydrogen (secondary N) is 6. The van der Waals surface area contributed by atoms with E-state index >= 15 is 0 Å². The molecule has 4 rings (SSSR count). The van der Waals surface area contributed by atoms with E-state index < -0.39 is 41.7 Å². The molecule has 9 amide bonds. The third-order valence-corrected chi connectivity index (χ3v) is 12.8. The fraction of sp³-hybridized carbons (Fsp3) is 0.706. The van der Waals surface area contributed by atoms with Crippen LogP contribution >= 0.6 is 0 Å². The van der Waals surface area contributed by atoms with Gasteiger partial charge in [-0.25, -0.2) is 9.78 Å². The molecule has 1 aliphatic carbocycles. The lowest BCUT2D eigenvalue weighted by atomic mass is 9.82. The maximum atomic E-state index is 13.7. The van der Waals surface area contributed by atoms with Crippen LogP contribution in [0, 0.1) is 17.8 Å². The van der Waals surface area contributed by atoms with Crippen LogP contribution in [0.3, 0.4) is 0 Å². The van der Waals surface area contributed by atoms with Crippen LogP contribution in [0.4, 0.5) is 10.6 Å². The zero-order valence-electron chi connectivity index (χ0n) is 45.1. The Morgan fingerprint density at radius 3 is 1.92 bits per heavy atom. The third kappa shape index (κ3) is 22.0. The van der Waals surface area contributed by atoms with E-state index in [-0.39, 0.29) is 113 Å². The maximum Gasteiger partial charge on any atom is 0.312 e. The molecule has 1 fully saturated rings. The van der Waals surface area contributed by atoms with Crippen molar-refractivity contribution in [1.29, 1.82) is 0 Å². The van der Waals surface area contributed by atoms with Crippen molar-refractivity contribution in [3.05, 3.63) is 18.0 Å². The van der Waals surface area contributed by atoms with Crippen molar-refractivity contribution in [2.45, 2.75) is 143 Å². The third-order valence-electron chi connectivity index (χ3n) is 12.8. The standard InChI is InChI=1S/C51H83N13O12/c1-6-7-11-38-59-45-46(50(76-34(4)5)62-61-47(45)52)64(38)32-36-16-14-35(15-17-36)31-57-48(70)37(10-9-21-56-51(53)72)58-49(71)44(33(2)3)60-41(67)13-8-12-39(65)54-22-25-73-27-29-75-30-28-74-26-23-55-40(66)20-24-63-42(68)18-19-43(63)69/h18-19,33-37,44H,6-17,20-32H2,1-5H3,(H2,52,61)(H,54,65)(H,55,66)(H,57,70)(H,58,71)(H,60,67)(H3,53,56,72)/t35?,36?,37-,44-/m0/s1. The van der Waals surface area contributed by atoms with Crippen molar-refractivity contribution in [1.82, 2.24) is 56.5 Å². The Bertz CT molecular complexity index is 2230. The molecule has 3 heterocycles. The van der Waals surface area contributed by atoms with E-state index in [1.807, 2.05) is 13.8 Å². The predicted molar refractivity (Wildman–Crippen MR) is 281 cm³/mol. The van der Waals surface area contributed by atoms with Gasteiger partial charge in [-0.2, -0.15) is 0 Å². The second kappa shape index (κ2) is 33.5. The van der Waals surface area contributed by atoms with Crippen LogP contribution in [0.15, 0.2) is 12.2 Å². The molecule has 0 bridgehead atoms. The van der Waals surface area contributed by atoms with E-state index in [4.69, 9.17) is 35.4 Å². The van der Waals surface area contributed by atoms with E-state index in [2.05, 4.69) is 53.6 Å². The number of primary amides is 1. The number of ether oxygens (including phenoxy) is 4. The number of imidazole rings is 1. The topological polar surface area (TPSA) is 345 Å². The van der Waals surface area contributed by atoms with E-state index in [0.717, 1.165) is 67.7 Å². The number of anilines is 1. The first-order chi connectivity index (χ1) is 36.5. The number of carbonyl (C=O) groups excluding carboxylic acids is 8. The molecule has 424 valence electrons. The number of imide groups is 1. The van der Waals surface area contributed by atoms with Crippen LogP contribution in [0.25, 0.3) is 11.0 Å². The summed E-state index contributed by atoms with van der Waals surface area (Å²) in [5.74, 6) is -0.827. The Morgan fingerprint density at radius 2 is 1.32 bits per heavy atom. The number of nitrogens with zero attached hydrogens (tertiary/aromatic N) is 5. The number of nitrogens with two attached hydrogens (primary N) is 2. The first-order valence-electron chi connectivity index (χ1n) is 26.9. The monoisotopic (exact) mass is 1070 g/mol. The average molecular weight is 1070 g/mol. The maximum absolute atomic E-state index is 13.7. The normalized spacial score (nSPS) is 16.2. The minimum absolute atomic E-state index is 0.000190. The van der Waals surface area contributed by atoms with Crippen molar-refractivity contribution in [2.75, 3.05) is 78.1 Å². The van der Waals surface area contributed by atoms with E-state index in [1.165, 1.54) is 12.2 Å². The zero-order chi connectivity index (χ0) is 55.4. The van der Waals surface area contributed by atoms with E-state index in [0.29, 0.717) is 56.7 Å². The minimum atomic E-state index is -0.950. The smallest absolute Gasteiger partial charge is 0.312 e. The van der Waals surface area contributed by atoms with Crippen LogP contribution in [0.1, 0.15) is 117 Å². The van der Waals surface area contributed by atoms with Gasteiger partial charge in [0.1, 0.15) is 28.9 Å². The van der Waals surface area contributed by atoms with Crippen molar-refractivity contribution < 1.29 is 57.3 Å². The summed E-state index contributed by atoms with van der Waals surface area (Å²) >= 11 is 0. The predicted octanol–water partition coefficient (Wildman–Crippen LogP) is 1.30. The highest BCUT2D eigenvalue weighted by atomic mass is 16.5. The summed E-state index contributed by atoms with van der Waals surface area (Å²) in [6.45, 7) is 13.2. The molecule has 1 aliphatic heterocycles. The van der Waals surface area contributed by atoms with Gasteiger partial charge in [0.05, 0.1) is 45.7 Å². The number of aromatic nitrogens is 4. The lowest BCUT2D eigenvalue weighted by Crippen LogP contribution is -2.55. The van der Waals surface area contributed by atoms with Gasteiger partial charge in [0.15, 0.2) is 5.82 Å². The van der Waals surface area contributed by atoms with Gasteiger partial charge in [-0.15, -0.1) is 10.2 Å². The second-order valence-corrected chi connectivity index (χ2v) is 19.7. The van der Waals surface area contributed by atoms with Crippen LogP contribution in [0.2, 0.25) is 0 Å². The summed E-state index contributed by atoms with van der Waals surface area (Å²) in [5.41, 5.74) is 12.9. The summed E-state index contributed by atoms with van der Waals surface area (Å²) in [4.78, 5) is 105. The van der Waals surface area contributed by atoms with Crippen molar-refractivity contribution in [2.24, 2.45) is 23.5 Å². The largest absolute Gasteiger partial charge is 0.472 e. The molecule has 2 atom stereocenters. The molecule has 0 unspecified atom stereocenters. The molecule has 2 aliphatic rings. The molecule has 25 heteroatoms. The van der Waals surface area contributed by atoms with Crippen molar-refractivity contribution in [3.8, 4) is 5.88 Å². The molecule has 0 aromatic carbocycles. The number of carbonyl (C=O) groups is 8. The van der Waals surface area contributed by atoms with E-state index in [9.17, 15) is 38.4 Å². The highest BCUT2D eigenvalue weighted by molar-refractivity contribution is 6.13. The molecule has 0 radical (unpaired) electrons. The number of hydrogen-bond donors (Lipinski definition) is 8. The second-order valence-electron chi connectivity index (χ2n) is 19.7. The molecular formula is C51H83N13O12. The molecule has 76 heavy (non-hydrogen) atoms. The first-order valence-corrected chi connectivity index (χ1v) is 26.9. The van der Waals surface area contributed by atoms with Crippen LogP contribution in [-0.2, 0) is 60.7 Å². The van der Waals surface area contributed by atoms with Gasteiger partial charge in [-0.3, -0.25) is 38.5 Å². The zero-order valence-corrected chi connectivity index (χ0v) is 45.1. The van der Waals surface area contributed by atoms with Crippen molar-refractivity contribution >= 4 is 64.2 Å². The van der Waals surface area contributed by atoms with Crippen LogP contribution < -0.4 is 48.1 Å². The van der Waals surface area contributed by atoms with Gasteiger partial charge >= 0.3 is 6.03 Å². The fourth-order valence-electron chi connectivity index (χ4n) is 8.71. The highest BCUT2D eigenvalue weighted by Crippen LogP contribution is 2.34. The Labute approximate surface area is 445 Å². The highest BCUT2D eigenvalue weighted by Gasteiger charge is 2.31. The van der Waals surface area contributed by atoms with Crippen molar-refractivity contribution in [3.63, 3.8) is 0 Å². The Kier molecular flexibility index (Phi) is 27.4. The molecule has 2 aromatic rings. The summed E-state index contributed by atoms with van der Waals surface area (Å²) < 4.78 is 24.6. The molecule has 10 N–H and O–H groups in total. The molecular weight excluding hydrogens is 987 g/mol. The number of nitrogen functional groups attached to an aromatic ring is 1. The Morgan fingerprint density at radius 1 is 0.711 bits per heavy atom. The Balaban J connectivity index is 1.11. The molecule has 0 saturated heterocycles. The number of amides is 9. The number of unbranched alkanes of at least 4 members (excludes halogenated alkanes) is 1. The molecule has 2 aromatic heterocycles. The van der Waals surface area contributed by atoms with Gasteiger partial charge in [-0.05, 0) is 83.0 Å². The summed E-state index contributed by atoms with van der Waals surface area (Å²) in [5, 5.41) is 25.0. The SMILES string of the molecule is CCCCc1nc2c(N)nnc(OC(C)C)c2n1CC1CCC(CNC(=O)[C@H](CCCNC(N)=O)NC(=O)[C@@H](NC(=O)CCCC(=O)NCCOCCOCCOCCNC(=O)CCN2C(=O)C=CC2=O)C(C)C)CC1. The van der Waals surface area contributed by atoms with Gasteiger partial charge < -0.3 is 66.9 Å². The van der Waals surface area contributed by atoms with Crippen LogP contribution in [0.5, 0.6) is 5.88 Å². The van der Waals surface area contributed by atoms with Gasteiger partial charge in [0.25, 0.3) is 17.7 Å². The lowest BCUT2D eigenvalue weighted by Gasteiger charge is -2.30. The average Bonchev–Trinajstić information content (AvgIpc) is 3.91. The number of rotatable bonds is 37. The first kappa shape index (κ1) is 62.1. The number of aryl methyl sites for hydroxylation is 1. The molecule has 25 nitrogen and oxygen atoms in total. The Hall–Kier alpha value is -6.47. The number of urea groups is 1. The van der Waals surface area contributed by atoms with Gasteiger partial charge in [0.2, 0.25) is 29.5 Å². The molecule has 0 spiro atoms. The van der Waals surface area contributed by atoms with Crippen LogP contribution in [-0.4, -0.2) is 163 Å². The lowest BCUT2D eigenvalue weighted by molar-refractivity contribution is -0.137. The quantitative estimate of drug-likeness (QED) is 0.0349. The van der Waals surface area contributed by atoms with E-state index in [1.54, 1.807) is 13.8 Å². The fourth-order valence-corrected chi connectivity index (χ4v) is 8.71. The summed E-state index contributed by atoms with van der Waals surface area (Å²) in [6, 6.07) is -2.58.